The van der Waals surface area contributed by atoms with E-state index in [1.807, 2.05) is 5.32 Å². The van der Waals surface area contributed by atoms with Gasteiger partial charge in [0.1, 0.15) is 6.04 Å². The number of carbonyl (C=O) groups excluding carboxylic acids is 2. The van der Waals surface area contributed by atoms with E-state index in [4.69, 9.17) is 4.55 Å². The summed E-state index contributed by atoms with van der Waals surface area (Å²) >= 11 is 0. The highest BCUT2D eigenvalue weighted by Crippen LogP contribution is 2.12. The van der Waals surface area contributed by atoms with Crippen LogP contribution in [-0.4, -0.2) is 36.2 Å². The number of rotatable bonds is 4. The molecule has 0 aliphatic carbocycles. The maximum Gasteiger partial charge on any atom is 0.288 e. The van der Waals surface area contributed by atoms with Crippen molar-refractivity contribution in [3.05, 3.63) is 35.9 Å². The van der Waals surface area contributed by atoms with Gasteiger partial charge >= 0.3 is 0 Å². The molecule has 1 aromatic carbocycles. The molecule has 0 saturated carbocycles. The number of nitrogens with one attached hydrogen (secondary N) is 2. The van der Waals surface area contributed by atoms with Crippen LogP contribution >= 0.6 is 0 Å². The number of hydrogen-bond acceptors (Lipinski definition) is 4. The quantitative estimate of drug-likeness (QED) is 0.488. The van der Waals surface area contributed by atoms with Crippen LogP contribution in [0.3, 0.4) is 0 Å². The third kappa shape index (κ3) is 3.09. The maximum atomic E-state index is 11.7. The van der Waals surface area contributed by atoms with Crippen molar-refractivity contribution in [1.82, 2.24) is 10.6 Å². The molecule has 0 radical (unpaired) electrons. The normalized spacial score (nSPS) is 22.3. The van der Waals surface area contributed by atoms with Gasteiger partial charge in [-0.05, 0) is 5.56 Å². The van der Waals surface area contributed by atoms with Crippen molar-refractivity contribution in [2.24, 2.45) is 0 Å². The van der Waals surface area contributed by atoms with Gasteiger partial charge in [0.15, 0.2) is 5.37 Å². The first-order valence-corrected chi connectivity index (χ1v) is 6.98. The first-order chi connectivity index (χ1) is 8.88. The largest absolute Gasteiger partial charge is 0.341 e. The predicted octanol–water partition coefficient (Wildman–Crippen LogP) is -0.942. The Hall–Kier alpha value is -1.93. The molecule has 2 atom stereocenters. The average molecular weight is 284 g/mol. The topological polar surface area (TPSA) is 113 Å². The zero-order valence-corrected chi connectivity index (χ0v) is 10.6. The van der Waals surface area contributed by atoms with Crippen molar-refractivity contribution in [2.75, 3.05) is 0 Å². The monoisotopic (exact) mass is 284 g/mol. The molecule has 3 N–H and O–H groups in total. The standard InChI is InChI=1S/C11H12N2O5S/c14-8(6-7-4-2-1-3-5-7)12-9-10(15)13-11(9)19(16,17)18/h1-5,9,11H,6H2,(H,12,14)(H,13,15)(H,16,17,18). The molecule has 1 aromatic rings. The summed E-state index contributed by atoms with van der Waals surface area (Å²) in [5.74, 6) is -1.12. The van der Waals surface area contributed by atoms with Crippen molar-refractivity contribution in [1.29, 1.82) is 0 Å². The van der Waals surface area contributed by atoms with Crippen LogP contribution in [-0.2, 0) is 26.1 Å². The summed E-state index contributed by atoms with van der Waals surface area (Å²) < 4.78 is 30.6. The van der Waals surface area contributed by atoms with Crippen LogP contribution in [0.15, 0.2) is 30.3 Å². The highest BCUT2D eigenvalue weighted by molar-refractivity contribution is 7.86. The molecule has 2 amide bonds. The average Bonchev–Trinajstić information content (AvgIpc) is 2.33. The van der Waals surface area contributed by atoms with E-state index in [1.54, 1.807) is 30.3 Å². The third-order valence-electron chi connectivity index (χ3n) is 2.71. The second-order valence-corrected chi connectivity index (χ2v) is 5.69. The van der Waals surface area contributed by atoms with Crippen molar-refractivity contribution >= 4 is 21.9 Å². The maximum absolute atomic E-state index is 11.7. The van der Waals surface area contributed by atoms with Crippen LogP contribution in [0.1, 0.15) is 5.56 Å². The Bertz CT molecular complexity index is 599. The summed E-state index contributed by atoms with van der Waals surface area (Å²) in [4.78, 5) is 22.8. The molecule has 2 rings (SSSR count). The third-order valence-corrected chi connectivity index (χ3v) is 3.75. The van der Waals surface area contributed by atoms with Gasteiger partial charge in [-0.2, -0.15) is 8.42 Å². The number of hydrogen-bond donors (Lipinski definition) is 3. The molecule has 0 spiro atoms. The molecule has 1 aliphatic heterocycles. The van der Waals surface area contributed by atoms with E-state index in [0.29, 0.717) is 0 Å². The Morgan fingerprint density at radius 3 is 2.47 bits per heavy atom. The van der Waals surface area contributed by atoms with E-state index in [-0.39, 0.29) is 6.42 Å². The lowest BCUT2D eigenvalue weighted by Gasteiger charge is -2.34. The minimum Gasteiger partial charge on any atom is -0.341 e. The lowest BCUT2D eigenvalue weighted by Crippen LogP contribution is -2.71. The molecule has 1 saturated heterocycles. The minimum absolute atomic E-state index is 0.0306. The molecule has 7 nitrogen and oxygen atoms in total. The Balaban J connectivity index is 1.97. The van der Waals surface area contributed by atoms with E-state index >= 15 is 0 Å². The SMILES string of the molecule is O=C(Cc1ccccc1)NC1C(=O)NC1S(=O)(=O)O. The first-order valence-electron chi connectivity index (χ1n) is 5.48. The van der Waals surface area contributed by atoms with E-state index in [0.717, 1.165) is 5.56 Å². The van der Waals surface area contributed by atoms with Gasteiger partial charge in [-0.3, -0.25) is 14.1 Å². The Morgan fingerprint density at radius 2 is 1.95 bits per heavy atom. The molecule has 2 unspecified atom stereocenters. The van der Waals surface area contributed by atoms with E-state index < -0.39 is 33.3 Å². The minimum atomic E-state index is -4.41. The summed E-state index contributed by atoms with van der Waals surface area (Å²) in [7, 11) is -4.41. The van der Waals surface area contributed by atoms with Crippen LogP contribution in [0.25, 0.3) is 0 Å². The number of amides is 2. The first kappa shape index (κ1) is 13.5. The summed E-state index contributed by atoms with van der Waals surface area (Å²) in [6, 6.07) is 7.56. The van der Waals surface area contributed by atoms with E-state index in [1.165, 1.54) is 0 Å². The summed E-state index contributed by atoms with van der Waals surface area (Å²) in [5.41, 5.74) is 0.739. The highest BCUT2D eigenvalue weighted by Gasteiger charge is 2.48. The van der Waals surface area contributed by atoms with Crippen LogP contribution in [0.4, 0.5) is 0 Å². The van der Waals surface area contributed by atoms with Gasteiger partial charge in [0, 0.05) is 0 Å². The van der Waals surface area contributed by atoms with Gasteiger partial charge in [-0.25, -0.2) is 0 Å². The second kappa shape index (κ2) is 4.98. The molecule has 0 aromatic heterocycles. The van der Waals surface area contributed by atoms with Crippen LogP contribution < -0.4 is 10.6 Å². The molecule has 1 fully saturated rings. The van der Waals surface area contributed by atoms with Gasteiger partial charge in [0.25, 0.3) is 10.1 Å². The van der Waals surface area contributed by atoms with Crippen LogP contribution in [0, 0.1) is 0 Å². The zero-order valence-electron chi connectivity index (χ0n) is 9.74. The molecular formula is C11H12N2O5S. The van der Waals surface area contributed by atoms with Crippen molar-refractivity contribution in [3.8, 4) is 0 Å². The van der Waals surface area contributed by atoms with E-state index in [2.05, 4.69) is 5.32 Å². The lowest BCUT2D eigenvalue weighted by molar-refractivity contribution is -0.134. The molecule has 1 heterocycles. The van der Waals surface area contributed by atoms with E-state index in [9.17, 15) is 18.0 Å². The molecule has 19 heavy (non-hydrogen) atoms. The molecular weight excluding hydrogens is 272 g/mol. The van der Waals surface area contributed by atoms with Crippen LogP contribution in [0.5, 0.6) is 0 Å². The van der Waals surface area contributed by atoms with Gasteiger partial charge in [0.05, 0.1) is 6.42 Å². The highest BCUT2D eigenvalue weighted by atomic mass is 32.2. The van der Waals surface area contributed by atoms with Gasteiger partial charge in [0.2, 0.25) is 11.8 Å². The smallest absolute Gasteiger partial charge is 0.288 e. The number of carbonyl (C=O) groups is 2. The predicted molar refractivity (Wildman–Crippen MR) is 65.6 cm³/mol. The summed E-state index contributed by atoms with van der Waals surface area (Å²) in [5, 5.41) is 2.82. The van der Waals surface area contributed by atoms with Crippen molar-refractivity contribution in [3.63, 3.8) is 0 Å². The van der Waals surface area contributed by atoms with Gasteiger partial charge in [-0.15, -0.1) is 0 Å². The van der Waals surface area contributed by atoms with Gasteiger partial charge in [-0.1, -0.05) is 30.3 Å². The van der Waals surface area contributed by atoms with Crippen LogP contribution in [0.2, 0.25) is 0 Å². The second-order valence-electron chi connectivity index (χ2n) is 4.15. The molecule has 8 heteroatoms. The molecule has 102 valence electrons. The lowest BCUT2D eigenvalue weighted by atomic mass is 10.1. The number of β-lactam (4-membered cyclic amide) rings is 1. The number of benzene rings is 1. The van der Waals surface area contributed by atoms with Crippen molar-refractivity contribution in [2.45, 2.75) is 17.8 Å². The molecule has 1 aliphatic rings. The summed E-state index contributed by atoms with van der Waals surface area (Å²) in [6.07, 6.45) is 0.0306. The Morgan fingerprint density at radius 1 is 1.32 bits per heavy atom. The summed E-state index contributed by atoms with van der Waals surface area (Å²) in [6.45, 7) is 0. The fourth-order valence-corrected chi connectivity index (χ4v) is 2.55. The Labute approximate surface area is 109 Å². The fourth-order valence-electron chi connectivity index (χ4n) is 1.75. The van der Waals surface area contributed by atoms with Crippen molar-refractivity contribution < 1.29 is 22.6 Å². The zero-order chi connectivity index (χ0) is 14.0. The fraction of sp³-hybridized carbons (Fsp3) is 0.273. The van der Waals surface area contributed by atoms with Gasteiger partial charge < -0.3 is 10.6 Å². The Kier molecular flexibility index (Phi) is 3.54. The molecule has 0 bridgehead atoms.